The molecule has 2 aromatic carbocycles. The normalized spacial score (nSPS) is 10.6. The van der Waals surface area contributed by atoms with Gasteiger partial charge in [0.25, 0.3) is 0 Å². The summed E-state index contributed by atoms with van der Waals surface area (Å²) in [5.41, 5.74) is 3.16. The van der Waals surface area contributed by atoms with E-state index in [1.54, 1.807) is 23.3 Å². The molecule has 0 radical (unpaired) electrons. The van der Waals surface area contributed by atoms with Crippen LogP contribution in [0.5, 0.6) is 5.75 Å². The summed E-state index contributed by atoms with van der Waals surface area (Å²) in [6, 6.07) is 18.1. The van der Waals surface area contributed by atoms with Crippen LogP contribution in [0.25, 0.3) is 0 Å². The summed E-state index contributed by atoms with van der Waals surface area (Å²) in [5.74, 6) is 0.920. The number of nitrogens with zero attached hydrogens (tertiary/aromatic N) is 2. The van der Waals surface area contributed by atoms with Crippen LogP contribution in [0.3, 0.4) is 0 Å². The number of aromatic nitrogens is 1. The molecule has 0 fully saturated rings. The summed E-state index contributed by atoms with van der Waals surface area (Å²) in [7, 11) is 1.81. The van der Waals surface area contributed by atoms with Gasteiger partial charge in [-0.2, -0.15) is 0 Å². The van der Waals surface area contributed by atoms with Crippen molar-refractivity contribution in [3.63, 3.8) is 0 Å². The Labute approximate surface area is 164 Å². The van der Waals surface area contributed by atoms with Crippen molar-refractivity contribution in [1.29, 1.82) is 0 Å². The first-order chi connectivity index (χ1) is 13.1. The van der Waals surface area contributed by atoms with Gasteiger partial charge in [-0.05, 0) is 24.1 Å². The first kappa shape index (κ1) is 19.1. The smallest absolute Gasteiger partial charge is 0.228 e. The van der Waals surface area contributed by atoms with E-state index in [0.717, 1.165) is 28.4 Å². The van der Waals surface area contributed by atoms with Gasteiger partial charge in [-0.3, -0.25) is 4.79 Å². The number of benzene rings is 2. The van der Waals surface area contributed by atoms with E-state index in [4.69, 9.17) is 4.74 Å². The van der Waals surface area contributed by atoms with E-state index in [0.29, 0.717) is 19.6 Å². The van der Waals surface area contributed by atoms with Gasteiger partial charge in [0.05, 0.1) is 23.7 Å². The summed E-state index contributed by atoms with van der Waals surface area (Å²) >= 11 is 1.61. The lowest BCUT2D eigenvalue weighted by atomic mass is 10.2. The molecular formula is C22H24N2O2S. The fourth-order valence-corrected chi connectivity index (χ4v) is 3.54. The molecule has 5 heteroatoms. The van der Waals surface area contributed by atoms with E-state index in [2.05, 4.69) is 17.1 Å². The minimum absolute atomic E-state index is 0.0555. The van der Waals surface area contributed by atoms with Crippen LogP contribution in [0.4, 0.5) is 0 Å². The van der Waals surface area contributed by atoms with Crippen molar-refractivity contribution in [2.45, 2.75) is 19.8 Å². The van der Waals surface area contributed by atoms with Crippen molar-refractivity contribution in [2.75, 3.05) is 20.2 Å². The van der Waals surface area contributed by atoms with Gasteiger partial charge in [-0.1, -0.05) is 48.5 Å². The van der Waals surface area contributed by atoms with E-state index in [-0.39, 0.29) is 5.91 Å². The molecule has 0 saturated heterocycles. The van der Waals surface area contributed by atoms with E-state index in [9.17, 15) is 4.79 Å². The number of thiazole rings is 1. The second-order valence-electron chi connectivity index (χ2n) is 6.50. The maximum absolute atomic E-state index is 12.4. The molecule has 0 bridgehead atoms. The Kier molecular flexibility index (Phi) is 6.60. The second-order valence-corrected chi connectivity index (χ2v) is 7.44. The van der Waals surface area contributed by atoms with Gasteiger partial charge in [0.1, 0.15) is 12.4 Å². The molecule has 3 rings (SSSR count). The molecule has 0 spiro atoms. The third-order valence-corrected chi connectivity index (χ3v) is 5.23. The molecule has 0 unspecified atom stereocenters. The molecule has 0 aliphatic carbocycles. The number of para-hydroxylation sites is 1. The number of hydrogen-bond donors (Lipinski definition) is 0. The zero-order chi connectivity index (χ0) is 19.1. The Hall–Kier alpha value is -2.66. The predicted molar refractivity (Wildman–Crippen MR) is 109 cm³/mol. The van der Waals surface area contributed by atoms with E-state index in [1.165, 1.54) is 5.56 Å². The molecule has 0 N–H and O–H groups in total. The number of hydrogen-bond acceptors (Lipinski definition) is 4. The predicted octanol–water partition coefficient (Wildman–Crippen LogP) is 4.12. The number of rotatable bonds is 8. The number of carbonyl (C=O) groups excluding carboxylic acids is 1. The Bertz CT molecular complexity index is 877. The van der Waals surface area contributed by atoms with Gasteiger partial charge in [0, 0.05) is 18.8 Å². The van der Waals surface area contributed by atoms with Crippen molar-refractivity contribution in [3.05, 3.63) is 81.8 Å². The molecule has 27 heavy (non-hydrogen) atoms. The molecule has 1 heterocycles. The fourth-order valence-electron chi connectivity index (χ4n) is 2.71. The van der Waals surface area contributed by atoms with Crippen LogP contribution in [0.2, 0.25) is 0 Å². The number of aryl methyl sites for hydroxylation is 1. The van der Waals surface area contributed by atoms with Gasteiger partial charge in [-0.15, -0.1) is 11.3 Å². The zero-order valence-electron chi connectivity index (χ0n) is 15.7. The topological polar surface area (TPSA) is 42.4 Å². The second kappa shape index (κ2) is 9.33. The Balaban J connectivity index is 1.46. The quantitative estimate of drug-likeness (QED) is 0.590. The van der Waals surface area contributed by atoms with Crippen molar-refractivity contribution in [3.8, 4) is 5.75 Å². The van der Waals surface area contributed by atoms with Crippen LogP contribution in [0.1, 0.15) is 21.8 Å². The third kappa shape index (κ3) is 5.66. The van der Waals surface area contributed by atoms with Crippen molar-refractivity contribution >= 4 is 17.2 Å². The highest BCUT2D eigenvalue weighted by atomic mass is 32.1. The molecule has 1 aromatic heterocycles. The van der Waals surface area contributed by atoms with Gasteiger partial charge in [-0.25, -0.2) is 4.98 Å². The lowest BCUT2D eigenvalue weighted by Gasteiger charge is -2.17. The van der Waals surface area contributed by atoms with Crippen LogP contribution in [-0.2, 0) is 17.6 Å². The average molecular weight is 381 g/mol. The molecule has 0 aliphatic heterocycles. The SMILES string of the molecule is Cc1ccccc1OCCN(C)C(=O)Cc1csc(Cc2ccccc2)n1. The summed E-state index contributed by atoms with van der Waals surface area (Å²) in [5, 5.41) is 3.02. The van der Waals surface area contributed by atoms with E-state index >= 15 is 0 Å². The van der Waals surface area contributed by atoms with Crippen LogP contribution >= 0.6 is 11.3 Å². The summed E-state index contributed by atoms with van der Waals surface area (Å²) in [6.45, 7) is 3.04. The monoisotopic (exact) mass is 380 g/mol. The van der Waals surface area contributed by atoms with Gasteiger partial charge < -0.3 is 9.64 Å². The van der Waals surface area contributed by atoms with Crippen molar-refractivity contribution < 1.29 is 9.53 Å². The molecule has 0 aliphatic rings. The van der Waals surface area contributed by atoms with Crippen molar-refractivity contribution in [2.24, 2.45) is 0 Å². The summed E-state index contributed by atoms with van der Waals surface area (Å²) < 4.78 is 5.77. The molecule has 0 atom stereocenters. The largest absolute Gasteiger partial charge is 0.491 e. The lowest BCUT2D eigenvalue weighted by molar-refractivity contribution is -0.129. The summed E-state index contributed by atoms with van der Waals surface area (Å²) in [4.78, 5) is 18.7. The Morgan fingerprint density at radius 2 is 1.85 bits per heavy atom. The number of likely N-dealkylation sites (N-methyl/N-ethyl adjacent to an activating group) is 1. The zero-order valence-corrected chi connectivity index (χ0v) is 16.5. The highest BCUT2D eigenvalue weighted by molar-refractivity contribution is 7.09. The van der Waals surface area contributed by atoms with Crippen LogP contribution in [0, 0.1) is 6.92 Å². The average Bonchev–Trinajstić information content (AvgIpc) is 3.10. The maximum Gasteiger partial charge on any atom is 0.228 e. The standard InChI is InChI=1S/C22H24N2O2S/c1-17-8-6-7-11-20(17)26-13-12-24(2)22(25)15-19-16-27-21(23-19)14-18-9-4-3-5-10-18/h3-11,16H,12-15H2,1-2H3. The molecule has 140 valence electrons. The highest BCUT2D eigenvalue weighted by Gasteiger charge is 2.13. The minimum Gasteiger partial charge on any atom is -0.491 e. The van der Waals surface area contributed by atoms with Crippen LogP contribution in [-0.4, -0.2) is 36.0 Å². The molecule has 4 nitrogen and oxygen atoms in total. The van der Waals surface area contributed by atoms with E-state index in [1.807, 2.05) is 54.8 Å². The Morgan fingerprint density at radius 3 is 2.63 bits per heavy atom. The summed E-state index contributed by atoms with van der Waals surface area (Å²) in [6.07, 6.45) is 1.13. The maximum atomic E-state index is 12.4. The number of amides is 1. The van der Waals surface area contributed by atoms with Gasteiger partial charge in [0.2, 0.25) is 5.91 Å². The molecule has 0 saturated carbocycles. The molecule has 1 amide bonds. The minimum atomic E-state index is 0.0555. The number of carbonyl (C=O) groups is 1. The molecular weight excluding hydrogens is 356 g/mol. The fraction of sp³-hybridized carbons (Fsp3) is 0.273. The lowest BCUT2D eigenvalue weighted by Crippen LogP contribution is -2.32. The van der Waals surface area contributed by atoms with Gasteiger partial charge in [0.15, 0.2) is 0 Å². The van der Waals surface area contributed by atoms with Gasteiger partial charge >= 0.3 is 0 Å². The van der Waals surface area contributed by atoms with E-state index < -0.39 is 0 Å². The Morgan fingerprint density at radius 1 is 1.11 bits per heavy atom. The molecule has 3 aromatic rings. The highest BCUT2D eigenvalue weighted by Crippen LogP contribution is 2.17. The first-order valence-corrected chi connectivity index (χ1v) is 9.89. The first-order valence-electron chi connectivity index (χ1n) is 9.01. The van der Waals surface area contributed by atoms with Crippen LogP contribution < -0.4 is 4.74 Å². The van der Waals surface area contributed by atoms with Crippen molar-refractivity contribution in [1.82, 2.24) is 9.88 Å². The third-order valence-electron chi connectivity index (χ3n) is 4.33. The number of ether oxygens (including phenoxy) is 1. The van der Waals surface area contributed by atoms with Crippen LogP contribution in [0.15, 0.2) is 60.0 Å².